The zero-order chi connectivity index (χ0) is 21.1. The standard InChI is InChI=1S/C24H24N2O3S/c1-15-20(26-24(29-15)19-6-4-3-5-7-19)12-13-21(27)18-10-8-17(9-11-18)14-22-23(28)25-16(2)30-22/h3-11,21-22,27H,2,12-14H2,1H3,(H,25,28)/t21-,22?/m0/s1. The Kier molecular flexibility index (Phi) is 6.06. The zero-order valence-electron chi connectivity index (χ0n) is 16.8. The molecule has 0 spiro atoms. The molecule has 1 aliphatic heterocycles. The van der Waals surface area contributed by atoms with Gasteiger partial charge in [0.1, 0.15) is 5.76 Å². The molecule has 4 rings (SSSR count). The lowest BCUT2D eigenvalue weighted by Crippen LogP contribution is -2.23. The average molecular weight is 421 g/mol. The smallest absolute Gasteiger partial charge is 0.238 e. The Labute approximate surface area is 180 Å². The van der Waals surface area contributed by atoms with E-state index in [1.54, 1.807) is 0 Å². The first-order valence-electron chi connectivity index (χ1n) is 9.94. The number of aromatic nitrogens is 1. The second-order valence-corrected chi connectivity index (χ2v) is 8.70. The van der Waals surface area contributed by atoms with Gasteiger partial charge >= 0.3 is 0 Å². The van der Waals surface area contributed by atoms with Gasteiger partial charge < -0.3 is 14.8 Å². The number of carbonyl (C=O) groups is 1. The van der Waals surface area contributed by atoms with E-state index in [1.165, 1.54) is 11.8 Å². The minimum atomic E-state index is -0.584. The van der Waals surface area contributed by atoms with Crippen LogP contribution < -0.4 is 5.32 Å². The van der Waals surface area contributed by atoms with Crippen molar-refractivity contribution in [2.45, 2.75) is 37.5 Å². The van der Waals surface area contributed by atoms with E-state index < -0.39 is 6.10 Å². The first-order chi connectivity index (χ1) is 14.5. The van der Waals surface area contributed by atoms with E-state index in [2.05, 4.69) is 16.9 Å². The lowest BCUT2D eigenvalue weighted by molar-refractivity contribution is -0.119. The second-order valence-electron chi connectivity index (χ2n) is 7.41. The van der Waals surface area contributed by atoms with E-state index in [-0.39, 0.29) is 11.2 Å². The molecule has 0 aliphatic carbocycles. The molecule has 30 heavy (non-hydrogen) atoms. The fourth-order valence-corrected chi connectivity index (χ4v) is 4.45. The maximum Gasteiger partial charge on any atom is 0.238 e. The molecule has 1 unspecified atom stereocenters. The van der Waals surface area contributed by atoms with Crippen molar-refractivity contribution in [1.82, 2.24) is 10.3 Å². The quantitative estimate of drug-likeness (QED) is 0.586. The van der Waals surface area contributed by atoms with Gasteiger partial charge in [0.05, 0.1) is 22.1 Å². The van der Waals surface area contributed by atoms with E-state index in [4.69, 9.17) is 4.42 Å². The first kappa shape index (κ1) is 20.4. The van der Waals surface area contributed by atoms with Crippen molar-refractivity contribution in [3.63, 3.8) is 0 Å². The Bertz CT molecular complexity index is 1040. The van der Waals surface area contributed by atoms with E-state index in [0.717, 1.165) is 28.1 Å². The van der Waals surface area contributed by atoms with Gasteiger partial charge in [0.25, 0.3) is 0 Å². The third-order valence-electron chi connectivity index (χ3n) is 5.19. The summed E-state index contributed by atoms with van der Waals surface area (Å²) in [5.41, 5.74) is 3.74. The molecule has 154 valence electrons. The van der Waals surface area contributed by atoms with Crippen molar-refractivity contribution < 1.29 is 14.3 Å². The lowest BCUT2D eigenvalue weighted by Gasteiger charge is -2.12. The molecule has 2 atom stereocenters. The maximum absolute atomic E-state index is 11.9. The molecule has 1 fully saturated rings. The van der Waals surface area contributed by atoms with Crippen LogP contribution in [0.1, 0.15) is 35.1 Å². The molecule has 0 radical (unpaired) electrons. The number of oxazole rings is 1. The van der Waals surface area contributed by atoms with Gasteiger partial charge in [0, 0.05) is 5.56 Å². The summed E-state index contributed by atoms with van der Waals surface area (Å²) >= 11 is 1.47. The number of carbonyl (C=O) groups excluding carboxylic acids is 1. The number of nitrogens with one attached hydrogen (secondary N) is 1. The SMILES string of the molecule is C=C1NC(=O)C(Cc2ccc([C@@H](O)CCc3nc(-c4ccccc4)oc3C)cc2)S1. The molecule has 0 bridgehead atoms. The number of aryl methyl sites for hydroxylation is 2. The van der Waals surface area contributed by atoms with Crippen LogP contribution in [-0.2, 0) is 17.6 Å². The molecule has 0 saturated carbocycles. The summed E-state index contributed by atoms with van der Waals surface area (Å²) in [4.78, 5) is 16.5. The Morgan fingerprint density at radius 3 is 2.60 bits per heavy atom. The fraction of sp³-hybridized carbons (Fsp3) is 0.250. The molecule has 5 nitrogen and oxygen atoms in total. The van der Waals surface area contributed by atoms with Crippen LogP contribution >= 0.6 is 11.8 Å². The van der Waals surface area contributed by atoms with Gasteiger partial charge in [-0.3, -0.25) is 4.79 Å². The number of thioether (sulfide) groups is 1. The van der Waals surface area contributed by atoms with Gasteiger partial charge in [-0.15, -0.1) is 0 Å². The summed E-state index contributed by atoms with van der Waals surface area (Å²) in [6.45, 7) is 5.69. The molecule has 1 aromatic heterocycles. The van der Waals surface area contributed by atoms with Crippen molar-refractivity contribution >= 4 is 17.7 Å². The molecule has 1 aliphatic rings. The summed E-state index contributed by atoms with van der Waals surface area (Å²) in [5, 5.41) is 13.9. The first-order valence-corrected chi connectivity index (χ1v) is 10.8. The van der Waals surface area contributed by atoms with Gasteiger partial charge in [0.15, 0.2) is 0 Å². The normalized spacial score (nSPS) is 17.2. The predicted molar refractivity (Wildman–Crippen MR) is 119 cm³/mol. The summed E-state index contributed by atoms with van der Waals surface area (Å²) in [6, 6.07) is 17.6. The average Bonchev–Trinajstić information content (AvgIpc) is 3.28. The van der Waals surface area contributed by atoms with Crippen LogP contribution in [-0.4, -0.2) is 21.2 Å². The number of aliphatic hydroxyl groups excluding tert-OH is 1. The van der Waals surface area contributed by atoms with Crippen LogP contribution in [0.25, 0.3) is 11.5 Å². The lowest BCUT2D eigenvalue weighted by atomic mass is 10.0. The summed E-state index contributed by atoms with van der Waals surface area (Å²) in [5.74, 6) is 1.40. The number of rotatable bonds is 7. The Morgan fingerprint density at radius 1 is 1.20 bits per heavy atom. The van der Waals surface area contributed by atoms with Crippen LogP contribution in [0.2, 0.25) is 0 Å². The van der Waals surface area contributed by atoms with E-state index in [9.17, 15) is 9.90 Å². The number of hydrogen-bond donors (Lipinski definition) is 2. The van der Waals surface area contributed by atoms with Crippen molar-refractivity contribution in [1.29, 1.82) is 0 Å². The molecule has 1 saturated heterocycles. The Morgan fingerprint density at radius 2 is 1.93 bits per heavy atom. The van der Waals surface area contributed by atoms with Crippen molar-refractivity contribution in [2.75, 3.05) is 0 Å². The molecule has 3 aromatic rings. The highest BCUT2D eigenvalue weighted by molar-refractivity contribution is 8.04. The van der Waals surface area contributed by atoms with Crippen molar-refractivity contribution in [3.05, 3.63) is 88.8 Å². The highest BCUT2D eigenvalue weighted by Crippen LogP contribution is 2.29. The predicted octanol–water partition coefficient (Wildman–Crippen LogP) is 4.56. The van der Waals surface area contributed by atoms with Gasteiger partial charge in [-0.1, -0.05) is 60.8 Å². The highest BCUT2D eigenvalue weighted by Gasteiger charge is 2.27. The van der Waals surface area contributed by atoms with Crippen LogP contribution in [0.4, 0.5) is 0 Å². The minimum absolute atomic E-state index is 0.00645. The van der Waals surface area contributed by atoms with Crippen LogP contribution in [0, 0.1) is 6.92 Å². The zero-order valence-corrected chi connectivity index (χ0v) is 17.6. The van der Waals surface area contributed by atoms with Crippen LogP contribution in [0.3, 0.4) is 0 Å². The molecule has 2 aromatic carbocycles. The Hall–Kier alpha value is -2.83. The van der Waals surface area contributed by atoms with Crippen LogP contribution in [0.15, 0.2) is 70.6 Å². The number of amides is 1. The van der Waals surface area contributed by atoms with E-state index >= 15 is 0 Å². The van der Waals surface area contributed by atoms with Crippen molar-refractivity contribution in [3.8, 4) is 11.5 Å². The number of hydrogen-bond acceptors (Lipinski definition) is 5. The molecular weight excluding hydrogens is 396 g/mol. The molecule has 2 heterocycles. The number of aliphatic hydroxyl groups is 1. The summed E-state index contributed by atoms with van der Waals surface area (Å²) in [7, 11) is 0. The van der Waals surface area contributed by atoms with Gasteiger partial charge in [-0.25, -0.2) is 4.98 Å². The third kappa shape index (κ3) is 4.66. The fourth-order valence-electron chi connectivity index (χ4n) is 3.50. The van der Waals surface area contributed by atoms with Gasteiger partial charge in [0.2, 0.25) is 11.8 Å². The Balaban J connectivity index is 1.35. The number of benzene rings is 2. The largest absolute Gasteiger partial charge is 0.441 e. The van der Waals surface area contributed by atoms with E-state index in [1.807, 2.05) is 61.5 Å². The highest BCUT2D eigenvalue weighted by atomic mass is 32.2. The second kappa shape index (κ2) is 8.90. The molecule has 1 amide bonds. The third-order valence-corrected chi connectivity index (χ3v) is 6.24. The van der Waals surface area contributed by atoms with Gasteiger partial charge in [-0.2, -0.15) is 0 Å². The molecular formula is C24H24N2O3S. The van der Waals surface area contributed by atoms with E-state index in [0.29, 0.717) is 30.2 Å². The monoisotopic (exact) mass is 420 g/mol. The van der Waals surface area contributed by atoms with Crippen LogP contribution in [0.5, 0.6) is 0 Å². The molecule has 2 N–H and O–H groups in total. The maximum atomic E-state index is 11.9. The van der Waals surface area contributed by atoms with Crippen molar-refractivity contribution in [2.24, 2.45) is 0 Å². The molecule has 6 heteroatoms. The van der Waals surface area contributed by atoms with Gasteiger partial charge in [-0.05, 0) is 49.4 Å². The minimum Gasteiger partial charge on any atom is -0.441 e. The topological polar surface area (TPSA) is 75.4 Å². The number of nitrogens with zero attached hydrogens (tertiary/aromatic N) is 1. The summed E-state index contributed by atoms with van der Waals surface area (Å²) in [6.07, 6.45) is 1.25. The summed E-state index contributed by atoms with van der Waals surface area (Å²) < 4.78 is 5.80.